The summed E-state index contributed by atoms with van der Waals surface area (Å²) in [6, 6.07) is 9.42. The first kappa shape index (κ1) is 16.1. The number of hydrogen-bond acceptors (Lipinski definition) is 2. The fraction of sp³-hybridized carbons (Fsp3) is 0.250. The highest BCUT2D eigenvalue weighted by Gasteiger charge is 2.25. The summed E-state index contributed by atoms with van der Waals surface area (Å²) >= 11 is 3.33. The van der Waals surface area contributed by atoms with Gasteiger partial charge in [0.1, 0.15) is 11.6 Å². The van der Waals surface area contributed by atoms with E-state index in [1.807, 2.05) is 24.3 Å². The molecule has 2 aromatic rings. The van der Waals surface area contributed by atoms with Crippen LogP contribution >= 0.6 is 15.9 Å². The Hall–Kier alpha value is -1.30. The van der Waals surface area contributed by atoms with Crippen LogP contribution in [0.5, 0.6) is 0 Å². The van der Waals surface area contributed by atoms with Gasteiger partial charge >= 0.3 is 0 Å². The number of rotatable bonds is 4. The SMILES string of the molecule is Cc1cc(C(O)C(CN)c2ccc(Br)cc2)c(F)cc1F. The van der Waals surface area contributed by atoms with Crippen molar-refractivity contribution in [3.05, 3.63) is 69.2 Å². The van der Waals surface area contributed by atoms with Crippen LogP contribution in [-0.2, 0) is 0 Å². The van der Waals surface area contributed by atoms with Crippen LogP contribution in [0.15, 0.2) is 40.9 Å². The Labute approximate surface area is 130 Å². The lowest BCUT2D eigenvalue weighted by molar-refractivity contribution is 0.143. The maximum atomic E-state index is 13.9. The molecule has 0 spiro atoms. The lowest BCUT2D eigenvalue weighted by Gasteiger charge is -2.23. The molecule has 21 heavy (non-hydrogen) atoms. The third-order valence-electron chi connectivity index (χ3n) is 3.53. The predicted molar refractivity (Wildman–Crippen MR) is 82.0 cm³/mol. The van der Waals surface area contributed by atoms with E-state index in [0.717, 1.165) is 16.1 Å². The first-order chi connectivity index (χ1) is 9.93. The molecule has 0 aliphatic rings. The van der Waals surface area contributed by atoms with Crippen LogP contribution in [0.4, 0.5) is 8.78 Å². The van der Waals surface area contributed by atoms with Crippen molar-refractivity contribution in [2.24, 2.45) is 5.73 Å². The standard InChI is InChI=1S/C16H16BrF2NO/c1-9-6-12(15(19)7-14(9)18)16(21)13(8-20)10-2-4-11(17)5-3-10/h2-7,13,16,21H,8,20H2,1H3. The van der Waals surface area contributed by atoms with E-state index in [-0.39, 0.29) is 17.7 Å². The van der Waals surface area contributed by atoms with Crippen LogP contribution in [0.25, 0.3) is 0 Å². The minimum absolute atomic E-state index is 0.0623. The summed E-state index contributed by atoms with van der Waals surface area (Å²) in [5.74, 6) is -1.85. The van der Waals surface area contributed by atoms with E-state index < -0.39 is 23.7 Å². The Balaban J connectivity index is 2.38. The smallest absolute Gasteiger partial charge is 0.131 e. The molecule has 2 rings (SSSR count). The molecular formula is C16H16BrF2NO. The zero-order valence-corrected chi connectivity index (χ0v) is 13.1. The Morgan fingerprint density at radius 2 is 1.76 bits per heavy atom. The van der Waals surface area contributed by atoms with Crippen LogP contribution in [0, 0.1) is 18.6 Å². The van der Waals surface area contributed by atoms with Gasteiger partial charge in [-0.25, -0.2) is 8.78 Å². The second-order valence-corrected chi connectivity index (χ2v) is 5.88. The molecule has 112 valence electrons. The summed E-state index contributed by atoms with van der Waals surface area (Å²) < 4.78 is 28.1. The van der Waals surface area contributed by atoms with Crippen LogP contribution in [0.3, 0.4) is 0 Å². The van der Waals surface area contributed by atoms with E-state index in [1.54, 1.807) is 0 Å². The van der Waals surface area contributed by atoms with Crippen molar-refractivity contribution in [2.75, 3.05) is 6.54 Å². The van der Waals surface area contributed by atoms with Gasteiger partial charge in [-0.05, 0) is 36.2 Å². The second kappa shape index (κ2) is 6.64. The first-order valence-electron chi connectivity index (χ1n) is 6.53. The molecule has 0 aromatic heterocycles. The molecule has 0 saturated carbocycles. The minimum atomic E-state index is -1.13. The molecule has 0 aliphatic carbocycles. The maximum Gasteiger partial charge on any atom is 0.131 e. The number of aliphatic hydroxyl groups is 1. The topological polar surface area (TPSA) is 46.2 Å². The Bertz CT molecular complexity index is 631. The molecule has 3 N–H and O–H groups in total. The normalized spacial score (nSPS) is 14.0. The van der Waals surface area contributed by atoms with Gasteiger partial charge < -0.3 is 10.8 Å². The molecule has 0 heterocycles. The summed E-state index contributed by atoms with van der Waals surface area (Å²) in [6.07, 6.45) is -1.13. The molecule has 5 heteroatoms. The number of aliphatic hydroxyl groups excluding tert-OH is 1. The van der Waals surface area contributed by atoms with Crippen molar-refractivity contribution < 1.29 is 13.9 Å². The van der Waals surface area contributed by atoms with Gasteiger partial charge in [0.25, 0.3) is 0 Å². The molecule has 2 nitrogen and oxygen atoms in total. The highest BCUT2D eigenvalue weighted by molar-refractivity contribution is 9.10. The fourth-order valence-corrected chi connectivity index (χ4v) is 2.54. The number of benzene rings is 2. The van der Waals surface area contributed by atoms with Crippen LogP contribution in [0.2, 0.25) is 0 Å². The third kappa shape index (κ3) is 3.48. The van der Waals surface area contributed by atoms with Gasteiger partial charge in [-0.15, -0.1) is 0 Å². The van der Waals surface area contributed by atoms with Gasteiger partial charge in [0.05, 0.1) is 6.10 Å². The molecule has 2 unspecified atom stereocenters. The van der Waals surface area contributed by atoms with Gasteiger partial charge in [0, 0.05) is 28.6 Å². The molecule has 0 fully saturated rings. The number of nitrogens with two attached hydrogens (primary N) is 1. The highest BCUT2D eigenvalue weighted by Crippen LogP contribution is 2.33. The van der Waals surface area contributed by atoms with Crippen LogP contribution < -0.4 is 5.73 Å². The number of aryl methyl sites for hydroxylation is 1. The zero-order chi connectivity index (χ0) is 15.6. The highest BCUT2D eigenvalue weighted by atomic mass is 79.9. The maximum absolute atomic E-state index is 13.9. The van der Waals surface area contributed by atoms with E-state index in [9.17, 15) is 13.9 Å². The van der Waals surface area contributed by atoms with Gasteiger partial charge in [-0.1, -0.05) is 28.1 Å². The van der Waals surface area contributed by atoms with E-state index in [1.165, 1.54) is 13.0 Å². The summed E-state index contributed by atoms with van der Waals surface area (Å²) in [5.41, 5.74) is 6.88. The lowest BCUT2D eigenvalue weighted by atomic mass is 9.88. The second-order valence-electron chi connectivity index (χ2n) is 4.96. The molecule has 2 aromatic carbocycles. The number of hydrogen-bond donors (Lipinski definition) is 2. The number of halogens is 3. The molecule has 0 saturated heterocycles. The van der Waals surface area contributed by atoms with Crippen molar-refractivity contribution in [1.29, 1.82) is 0 Å². The largest absolute Gasteiger partial charge is 0.388 e. The third-order valence-corrected chi connectivity index (χ3v) is 4.06. The minimum Gasteiger partial charge on any atom is -0.388 e. The fourth-order valence-electron chi connectivity index (χ4n) is 2.28. The van der Waals surface area contributed by atoms with E-state index in [2.05, 4.69) is 15.9 Å². The predicted octanol–water partition coefficient (Wildman–Crippen LogP) is 3.81. The molecule has 0 radical (unpaired) electrons. The van der Waals surface area contributed by atoms with Gasteiger partial charge in [-0.3, -0.25) is 0 Å². The summed E-state index contributed by atoms with van der Waals surface area (Å²) in [7, 11) is 0. The van der Waals surface area contributed by atoms with Crippen molar-refractivity contribution >= 4 is 15.9 Å². The van der Waals surface area contributed by atoms with Gasteiger partial charge in [-0.2, -0.15) is 0 Å². The summed E-state index contributed by atoms with van der Waals surface area (Å²) in [5, 5.41) is 10.4. The van der Waals surface area contributed by atoms with Crippen molar-refractivity contribution in [1.82, 2.24) is 0 Å². The Morgan fingerprint density at radius 3 is 2.33 bits per heavy atom. The Kier molecular flexibility index (Phi) is 5.08. The quantitative estimate of drug-likeness (QED) is 0.875. The summed E-state index contributed by atoms with van der Waals surface area (Å²) in [6.45, 7) is 1.68. The van der Waals surface area contributed by atoms with E-state index in [4.69, 9.17) is 5.73 Å². The van der Waals surface area contributed by atoms with Crippen LogP contribution in [0.1, 0.15) is 28.7 Å². The monoisotopic (exact) mass is 355 g/mol. The first-order valence-corrected chi connectivity index (χ1v) is 7.32. The Morgan fingerprint density at radius 1 is 1.14 bits per heavy atom. The van der Waals surface area contributed by atoms with Gasteiger partial charge in [0.2, 0.25) is 0 Å². The lowest BCUT2D eigenvalue weighted by Crippen LogP contribution is -2.21. The average Bonchev–Trinajstić information content (AvgIpc) is 2.45. The molecule has 0 aliphatic heterocycles. The van der Waals surface area contributed by atoms with Gasteiger partial charge in [0.15, 0.2) is 0 Å². The summed E-state index contributed by atoms with van der Waals surface area (Å²) in [4.78, 5) is 0. The molecule has 0 bridgehead atoms. The van der Waals surface area contributed by atoms with Crippen LogP contribution in [-0.4, -0.2) is 11.7 Å². The van der Waals surface area contributed by atoms with Crippen molar-refractivity contribution in [2.45, 2.75) is 18.9 Å². The van der Waals surface area contributed by atoms with E-state index >= 15 is 0 Å². The average molecular weight is 356 g/mol. The van der Waals surface area contributed by atoms with Crippen molar-refractivity contribution in [3.8, 4) is 0 Å². The van der Waals surface area contributed by atoms with E-state index in [0.29, 0.717) is 0 Å². The molecule has 0 amide bonds. The van der Waals surface area contributed by atoms with Crippen molar-refractivity contribution in [3.63, 3.8) is 0 Å². The molecular weight excluding hydrogens is 340 g/mol. The zero-order valence-electron chi connectivity index (χ0n) is 11.5. The molecule has 2 atom stereocenters.